The quantitative estimate of drug-likeness (QED) is 0.444. The minimum Gasteiger partial charge on any atom is -0.491 e. The molecule has 2 N–H and O–H groups in total. The third-order valence-corrected chi connectivity index (χ3v) is 3.93. The molecule has 1 rings (SSSR count). The Morgan fingerprint density at radius 3 is 2.36 bits per heavy atom. The monoisotopic (exact) mass is 333 g/mol. The second-order valence-corrected chi connectivity index (χ2v) is 6.58. The third kappa shape index (κ3) is 6.69. The van der Waals surface area contributed by atoms with Crippen LogP contribution in [-0.2, 0) is 25.9 Å². The molecule has 0 radical (unpaired) electrons. The van der Waals surface area contributed by atoms with Crippen LogP contribution in [0.25, 0.3) is 0 Å². The maximum absolute atomic E-state index is 11.7. The zero-order valence-electron chi connectivity index (χ0n) is 13.2. The van der Waals surface area contributed by atoms with E-state index >= 15 is 0 Å². The molecule has 8 heteroatoms. The van der Waals surface area contributed by atoms with E-state index in [-0.39, 0.29) is 5.03 Å². The van der Waals surface area contributed by atoms with Gasteiger partial charge in [-0.15, -0.1) is 0 Å². The molecule has 0 saturated heterocycles. The van der Waals surface area contributed by atoms with Crippen molar-refractivity contribution in [3.63, 3.8) is 0 Å². The molecule has 22 heavy (non-hydrogen) atoms. The molecule has 0 aliphatic carbocycles. The maximum Gasteiger partial charge on any atom is 0.300 e. The Labute approximate surface area is 131 Å². The number of aryl methyl sites for hydroxylation is 1. The summed E-state index contributed by atoms with van der Waals surface area (Å²) in [5.41, 5.74) is 5.29. The first-order valence-electron chi connectivity index (χ1n) is 7.21. The maximum atomic E-state index is 11.7. The molecule has 0 atom stereocenters. The second kappa shape index (κ2) is 9.73. The number of aromatic nitrogens is 1. The summed E-state index contributed by atoms with van der Waals surface area (Å²) in [5.74, 6) is 0.508. The average molecular weight is 333 g/mol. The van der Waals surface area contributed by atoms with Crippen LogP contribution in [0.1, 0.15) is 6.92 Å². The Morgan fingerprint density at radius 2 is 1.77 bits per heavy atom. The summed E-state index contributed by atoms with van der Waals surface area (Å²) in [6, 6.07) is 3.27. The summed E-state index contributed by atoms with van der Waals surface area (Å²) in [4.78, 5) is 0. The van der Waals surface area contributed by atoms with Gasteiger partial charge in [0.1, 0.15) is 18.9 Å². The zero-order valence-corrected chi connectivity index (χ0v) is 14.0. The lowest BCUT2D eigenvalue weighted by molar-refractivity contribution is -0.730. The molecular weight excluding hydrogens is 308 g/mol. The van der Waals surface area contributed by atoms with Crippen molar-refractivity contribution >= 4 is 9.84 Å². The number of sulfone groups is 1. The molecule has 0 unspecified atom stereocenters. The summed E-state index contributed by atoms with van der Waals surface area (Å²) in [6.45, 7) is 5.20. The number of hydrogen-bond donors (Lipinski definition) is 1. The van der Waals surface area contributed by atoms with Gasteiger partial charge in [0, 0.05) is 18.9 Å². The molecular formula is C14H25N2O5S+. The third-order valence-electron chi connectivity index (χ3n) is 2.82. The van der Waals surface area contributed by atoms with Crippen molar-refractivity contribution in [2.75, 3.05) is 45.8 Å². The van der Waals surface area contributed by atoms with E-state index in [1.54, 1.807) is 16.8 Å². The van der Waals surface area contributed by atoms with Crippen LogP contribution >= 0.6 is 0 Å². The van der Waals surface area contributed by atoms with E-state index in [9.17, 15) is 8.42 Å². The molecule has 0 fully saturated rings. The Balaban J connectivity index is 2.41. The normalized spacial score (nSPS) is 11.6. The number of pyridine rings is 1. The van der Waals surface area contributed by atoms with Crippen molar-refractivity contribution in [1.29, 1.82) is 0 Å². The zero-order chi connectivity index (χ0) is 16.4. The minimum absolute atomic E-state index is 0.239. The van der Waals surface area contributed by atoms with Crippen LogP contribution < -0.4 is 15.0 Å². The summed E-state index contributed by atoms with van der Waals surface area (Å²) in [5, 5.41) is 0.239. The number of nitrogens with two attached hydrogens (primary N) is 1. The molecule has 7 nitrogen and oxygen atoms in total. The number of hydrogen-bond acceptors (Lipinski definition) is 6. The molecule has 0 saturated carbocycles. The van der Waals surface area contributed by atoms with Gasteiger partial charge in [-0.3, -0.25) is 0 Å². The van der Waals surface area contributed by atoms with E-state index < -0.39 is 9.84 Å². The number of rotatable bonds is 11. The van der Waals surface area contributed by atoms with Gasteiger partial charge in [0.15, 0.2) is 6.20 Å². The fourth-order valence-corrected chi connectivity index (χ4v) is 2.73. The van der Waals surface area contributed by atoms with Crippen molar-refractivity contribution < 1.29 is 27.2 Å². The van der Waals surface area contributed by atoms with Gasteiger partial charge in [-0.05, 0) is 6.92 Å². The highest BCUT2D eigenvalue weighted by molar-refractivity contribution is 7.90. The summed E-state index contributed by atoms with van der Waals surface area (Å²) < 4.78 is 41.1. The second-order valence-electron chi connectivity index (χ2n) is 4.62. The lowest BCUT2D eigenvalue weighted by atomic mass is 10.4. The van der Waals surface area contributed by atoms with Gasteiger partial charge >= 0.3 is 5.03 Å². The molecule has 126 valence electrons. The molecule has 0 amide bonds. The molecule has 1 aromatic heterocycles. The predicted molar refractivity (Wildman–Crippen MR) is 81.6 cm³/mol. The van der Waals surface area contributed by atoms with Crippen LogP contribution in [-0.4, -0.2) is 54.3 Å². The first-order chi connectivity index (χ1) is 10.5. The number of nitrogens with zero attached hydrogens (tertiary/aromatic N) is 1. The largest absolute Gasteiger partial charge is 0.491 e. The summed E-state index contributed by atoms with van der Waals surface area (Å²) in [6.07, 6.45) is 2.88. The van der Waals surface area contributed by atoms with Gasteiger partial charge in [0.05, 0.1) is 32.5 Å². The molecule has 0 aliphatic heterocycles. The van der Waals surface area contributed by atoms with Gasteiger partial charge < -0.3 is 19.9 Å². The first-order valence-corrected chi connectivity index (χ1v) is 9.10. The Bertz CT molecular complexity index is 548. The van der Waals surface area contributed by atoms with Gasteiger partial charge in [-0.25, -0.2) is 8.42 Å². The lowest BCUT2D eigenvalue weighted by Crippen LogP contribution is -2.38. The van der Waals surface area contributed by atoms with Crippen LogP contribution in [0.4, 0.5) is 0 Å². The smallest absolute Gasteiger partial charge is 0.300 e. The topological polar surface area (TPSA) is 91.7 Å². The standard InChI is InChI=1S/C14H25N2O5S/c1-3-16-6-4-13(12-14(16)22(2,17)18)21-11-10-20-9-8-19-7-5-15/h4,6,12H,3,5,7-11,15H2,1-2H3/q+1. The molecule has 0 spiro atoms. The van der Waals surface area contributed by atoms with E-state index in [4.69, 9.17) is 19.9 Å². The van der Waals surface area contributed by atoms with Gasteiger partial charge in [0.25, 0.3) is 0 Å². The van der Waals surface area contributed by atoms with Crippen LogP contribution in [0.5, 0.6) is 5.75 Å². The van der Waals surface area contributed by atoms with Crippen molar-refractivity contribution in [2.45, 2.75) is 18.5 Å². The van der Waals surface area contributed by atoms with E-state index in [1.165, 1.54) is 12.3 Å². The fraction of sp³-hybridized carbons (Fsp3) is 0.643. The van der Waals surface area contributed by atoms with E-state index in [1.807, 2.05) is 6.92 Å². The van der Waals surface area contributed by atoms with Crippen molar-refractivity contribution in [2.24, 2.45) is 5.73 Å². The lowest BCUT2D eigenvalue weighted by Gasteiger charge is -2.08. The van der Waals surface area contributed by atoms with Crippen LogP contribution in [0.3, 0.4) is 0 Å². The first kappa shape index (κ1) is 18.8. The predicted octanol–water partition coefficient (Wildman–Crippen LogP) is -0.232. The molecule has 0 aromatic carbocycles. The average Bonchev–Trinajstić information content (AvgIpc) is 2.49. The van der Waals surface area contributed by atoms with Crippen LogP contribution in [0, 0.1) is 0 Å². The molecule has 0 aliphatic rings. The highest BCUT2D eigenvalue weighted by Gasteiger charge is 2.21. The van der Waals surface area contributed by atoms with Gasteiger partial charge in [0.2, 0.25) is 9.84 Å². The summed E-state index contributed by atoms with van der Waals surface area (Å²) in [7, 11) is -3.29. The highest BCUT2D eigenvalue weighted by atomic mass is 32.2. The molecule has 1 heterocycles. The Morgan fingerprint density at radius 1 is 1.14 bits per heavy atom. The van der Waals surface area contributed by atoms with Gasteiger partial charge in [-0.1, -0.05) is 0 Å². The van der Waals surface area contributed by atoms with Crippen molar-refractivity contribution in [3.8, 4) is 5.75 Å². The molecule has 0 bridgehead atoms. The van der Waals surface area contributed by atoms with Crippen LogP contribution in [0.15, 0.2) is 23.4 Å². The van der Waals surface area contributed by atoms with E-state index in [0.29, 0.717) is 51.9 Å². The Kier molecular flexibility index (Phi) is 8.32. The highest BCUT2D eigenvalue weighted by Crippen LogP contribution is 2.13. The SMILES string of the molecule is CC[n+]1ccc(OCCOCCOCCN)cc1S(C)(=O)=O. The van der Waals surface area contributed by atoms with Crippen LogP contribution in [0.2, 0.25) is 0 Å². The van der Waals surface area contributed by atoms with E-state index in [2.05, 4.69) is 0 Å². The van der Waals surface area contributed by atoms with Crippen molar-refractivity contribution in [3.05, 3.63) is 18.3 Å². The van der Waals surface area contributed by atoms with E-state index in [0.717, 1.165) is 0 Å². The molecule has 1 aromatic rings. The number of ether oxygens (including phenoxy) is 3. The summed E-state index contributed by atoms with van der Waals surface area (Å²) >= 11 is 0. The minimum atomic E-state index is -3.29. The Hall–Kier alpha value is -1.22. The fourth-order valence-electron chi connectivity index (χ4n) is 1.78. The van der Waals surface area contributed by atoms with Gasteiger partial charge in [-0.2, -0.15) is 4.57 Å². The van der Waals surface area contributed by atoms with Crippen molar-refractivity contribution in [1.82, 2.24) is 0 Å².